The van der Waals surface area contributed by atoms with E-state index in [1.807, 2.05) is 6.92 Å². The van der Waals surface area contributed by atoms with Crippen molar-refractivity contribution in [3.05, 3.63) is 47.5 Å². The number of nitrogens with one attached hydrogen (secondary N) is 1. The highest BCUT2D eigenvalue weighted by Crippen LogP contribution is 2.16. The summed E-state index contributed by atoms with van der Waals surface area (Å²) in [5, 5.41) is 15.8. The summed E-state index contributed by atoms with van der Waals surface area (Å²) in [4.78, 5) is 12.1. The highest BCUT2D eigenvalue weighted by atomic mass is 19.1. The first-order valence-corrected chi connectivity index (χ1v) is 6.73. The molecule has 0 spiro atoms. The van der Waals surface area contributed by atoms with E-state index in [0.717, 1.165) is 0 Å². The Morgan fingerprint density at radius 1 is 1.48 bits per heavy atom. The van der Waals surface area contributed by atoms with Gasteiger partial charge in [0.05, 0.1) is 17.5 Å². The number of benzene rings is 1. The molecule has 0 aliphatic heterocycles. The molecule has 2 rings (SSSR count). The number of amides is 1. The van der Waals surface area contributed by atoms with Gasteiger partial charge in [-0.15, -0.1) is 0 Å². The molecule has 1 aromatic carbocycles. The fraction of sp³-hybridized carbons (Fsp3) is 0.333. The number of carbonyl (C=O) groups excluding carboxylic acids is 1. The van der Waals surface area contributed by atoms with E-state index >= 15 is 0 Å². The maximum Gasteiger partial charge on any atom is 0.254 e. The predicted molar refractivity (Wildman–Crippen MR) is 76.8 cm³/mol. The van der Waals surface area contributed by atoms with Crippen molar-refractivity contribution in [2.45, 2.75) is 13.8 Å². The lowest BCUT2D eigenvalue weighted by Gasteiger charge is -2.10. The number of aromatic nitrogens is 2. The van der Waals surface area contributed by atoms with Gasteiger partial charge in [0.15, 0.2) is 0 Å². The summed E-state index contributed by atoms with van der Waals surface area (Å²) in [5.41, 5.74) is 1.26. The van der Waals surface area contributed by atoms with Crippen LogP contribution in [0.1, 0.15) is 23.0 Å². The Labute approximate surface area is 122 Å². The lowest BCUT2D eigenvalue weighted by Crippen LogP contribution is -2.29. The number of carbonyl (C=O) groups is 1. The quantitative estimate of drug-likeness (QED) is 0.880. The van der Waals surface area contributed by atoms with E-state index in [1.54, 1.807) is 25.1 Å². The molecule has 1 unspecified atom stereocenters. The van der Waals surface area contributed by atoms with Crippen molar-refractivity contribution in [1.29, 1.82) is 0 Å². The monoisotopic (exact) mass is 291 g/mol. The van der Waals surface area contributed by atoms with Crippen LogP contribution in [0.15, 0.2) is 30.5 Å². The third-order valence-electron chi connectivity index (χ3n) is 3.26. The summed E-state index contributed by atoms with van der Waals surface area (Å²) in [5.74, 6) is -0.698. The van der Waals surface area contributed by atoms with Gasteiger partial charge in [-0.25, -0.2) is 9.07 Å². The molecule has 5 nitrogen and oxygen atoms in total. The number of hydrogen-bond donors (Lipinski definition) is 2. The minimum absolute atomic E-state index is 0.00769. The molecule has 2 aromatic rings. The van der Waals surface area contributed by atoms with Crippen molar-refractivity contribution in [3.63, 3.8) is 0 Å². The molecule has 6 heteroatoms. The lowest BCUT2D eigenvalue weighted by atomic mass is 10.2. The van der Waals surface area contributed by atoms with Gasteiger partial charge in [0.2, 0.25) is 0 Å². The zero-order valence-electron chi connectivity index (χ0n) is 12.0. The van der Waals surface area contributed by atoms with Crippen LogP contribution in [0.3, 0.4) is 0 Å². The van der Waals surface area contributed by atoms with Crippen molar-refractivity contribution in [1.82, 2.24) is 15.1 Å². The predicted octanol–water partition coefficient (Wildman–Crippen LogP) is 1.68. The van der Waals surface area contributed by atoms with Crippen LogP contribution >= 0.6 is 0 Å². The van der Waals surface area contributed by atoms with E-state index in [1.165, 1.54) is 16.9 Å². The minimum atomic E-state index is -0.399. The van der Waals surface area contributed by atoms with Crippen molar-refractivity contribution in [2.24, 2.45) is 5.92 Å². The van der Waals surface area contributed by atoms with Gasteiger partial charge in [0, 0.05) is 13.2 Å². The van der Waals surface area contributed by atoms with Crippen molar-refractivity contribution in [2.75, 3.05) is 13.2 Å². The van der Waals surface area contributed by atoms with E-state index in [9.17, 15) is 9.18 Å². The first-order valence-electron chi connectivity index (χ1n) is 6.73. The van der Waals surface area contributed by atoms with Crippen LogP contribution in [0.2, 0.25) is 0 Å². The molecule has 1 aromatic heterocycles. The highest BCUT2D eigenvalue weighted by molar-refractivity contribution is 5.95. The molecule has 0 saturated heterocycles. The number of hydrogen-bond acceptors (Lipinski definition) is 3. The summed E-state index contributed by atoms with van der Waals surface area (Å²) >= 11 is 0. The average molecular weight is 291 g/mol. The molecule has 0 aliphatic rings. The van der Waals surface area contributed by atoms with Gasteiger partial charge < -0.3 is 10.4 Å². The number of para-hydroxylation sites is 1. The number of aliphatic hydroxyl groups excluding tert-OH is 1. The van der Waals surface area contributed by atoms with Crippen LogP contribution in [-0.4, -0.2) is 33.9 Å². The standard InChI is InChI=1S/C15H18FN3O2/c1-10(9-20)7-17-15(21)12-8-18-19(11(12)2)14-6-4-3-5-13(14)16/h3-6,8,10,20H,7,9H2,1-2H3,(H,17,21). The summed E-state index contributed by atoms with van der Waals surface area (Å²) in [7, 11) is 0. The second kappa shape index (κ2) is 6.49. The molecule has 0 saturated carbocycles. The molecule has 0 fully saturated rings. The second-order valence-electron chi connectivity index (χ2n) is 5.00. The SMILES string of the molecule is Cc1c(C(=O)NCC(C)CO)cnn1-c1ccccc1F. The highest BCUT2D eigenvalue weighted by Gasteiger charge is 2.16. The van der Waals surface area contributed by atoms with Crippen LogP contribution in [-0.2, 0) is 0 Å². The van der Waals surface area contributed by atoms with Crippen LogP contribution in [0.25, 0.3) is 5.69 Å². The average Bonchev–Trinajstić information content (AvgIpc) is 2.86. The maximum absolute atomic E-state index is 13.8. The van der Waals surface area contributed by atoms with Crippen molar-refractivity contribution in [3.8, 4) is 5.69 Å². The largest absolute Gasteiger partial charge is 0.396 e. The molecular formula is C15H18FN3O2. The normalized spacial score (nSPS) is 12.2. The fourth-order valence-corrected chi connectivity index (χ4v) is 1.93. The lowest BCUT2D eigenvalue weighted by molar-refractivity contribution is 0.0941. The Morgan fingerprint density at radius 3 is 2.86 bits per heavy atom. The summed E-state index contributed by atoms with van der Waals surface area (Å²) in [6.45, 7) is 3.92. The number of halogens is 1. The first kappa shape index (κ1) is 15.2. The topological polar surface area (TPSA) is 67.2 Å². The van der Waals surface area contributed by atoms with Crippen LogP contribution in [0, 0.1) is 18.7 Å². The van der Waals surface area contributed by atoms with Crippen molar-refractivity contribution < 1.29 is 14.3 Å². The first-order chi connectivity index (χ1) is 10.0. The zero-order valence-corrected chi connectivity index (χ0v) is 12.0. The Balaban J connectivity index is 2.21. The maximum atomic E-state index is 13.8. The van der Waals surface area contributed by atoms with E-state index in [4.69, 9.17) is 5.11 Å². The molecule has 1 amide bonds. The van der Waals surface area contributed by atoms with Gasteiger partial charge in [0.1, 0.15) is 11.5 Å². The molecular weight excluding hydrogens is 273 g/mol. The van der Waals surface area contributed by atoms with Gasteiger partial charge in [-0.2, -0.15) is 5.10 Å². The Hall–Kier alpha value is -2.21. The Bertz CT molecular complexity index is 640. The summed E-state index contributed by atoms with van der Waals surface area (Å²) in [6.07, 6.45) is 1.42. The summed E-state index contributed by atoms with van der Waals surface area (Å²) < 4.78 is 15.2. The Morgan fingerprint density at radius 2 is 2.19 bits per heavy atom. The van der Waals surface area contributed by atoms with E-state index in [-0.39, 0.29) is 18.4 Å². The molecule has 1 heterocycles. The van der Waals surface area contributed by atoms with Crippen molar-refractivity contribution >= 4 is 5.91 Å². The third kappa shape index (κ3) is 3.28. The van der Waals surface area contributed by atoms with Gasteiger partial charge in [0.25, 0.3) is 5.91 Å². The van der Waals surface area contributed by atoms with E-state index in [0.29, 0.717) is 23.5 Å². The molecule has 21 heavy (non-hydrogen) atoms. The van der Waals surface area contributed by atoms with Gasteiger partial charge in [-0.1, -0.05) is 19.1 Å². The minimum Gasteiger partial charge on any atom is -0.396 e. The van der Waals surface area contributed by atoms with E-state index < -0.39 is 5.82 Å². The summed E-state index contributed by atoms with van der Waals surface area (Å²) in [6, 6.07) is 6.26. The van der Waals surface area contributed by atoms with Crippen LogP contribution in [0.4, 0.5) is 4.39 Å². The molecule has 0 radical (unpaired) electrons. The molecule has 112 valence electrons. The Kier molecular flexibility index (Phi) is 4.70. The van der Waals surface area contributed by atoms with Gasteiger partial charge >= 0.3 is 0 Å². The molecule has 0 bridgehead atoms. The zero-order chi connectivity index (χ0) is 15.4. The molecule has 0 aliphatic carbocycles. The van der Waals surface area contributed by atoms with Gasteiger partial charge in [-0.3, -0.25) is 4.79 Å². The van der Waals surface area contributed by atoms with E-state index in [2.05, 4.69) is 10.4 Å². The fourth-order valence-electron chi connectivity index (χ4n) is 1.93. The smallest absolute Gasteiger partial charge is 0.254 e. The van der Waals surface area contributed by atoms with Crippen LogP contribution in [0.5, 0.6) is 0 Å². The number of aliphatic hydroxyl groups is 1. The molecule has 1 atom stereocenters. The third-order valence-corrected chi connectivity index (χ3v) is 3.26. The second-order valence-corrected chi connectivity index (χ2v) is 5.00. The molecule has 2 N–H and O–H groups in total. The van der Waals surface area contributed by atoms with Crippen LogP contribution < -0.4 is 5.32 Å². The number of rotatable bonds is 5. The van der Waals surface area contributed by atoms with Gasteiger partial charge in [-0.05, 0) is 25.0 Å². The number of nitrogens with zero attached hydrogens (tertiary/aromatic N) is 2.